The van der Waals surface area contributed by atoms with Crippen LogP contribution in [-0.2, 0) is 4.79 Å². The summed E-state index contributed by atoms with van der Waals surface area (Å²) in [6.07, 6.45) is -14.2. The largest absolute Gasteiger partial charge is 0.459 e. The van der Waals surface area contributed by atoms with Crippen LogP contribution >= 0.6 is 0 Å². The Morgan fingerprint density at radius 3 is 1.11 bits per heavy atom. The molecule has 16 heteroatoms. The molecule has 160 valence electrons. The van der Waals surface area contributed by atoms with Crippen LogP contribution in [0.3, 0.4) is 0 Å². The first kappa shape index (κ1) is 25.2. The number of amides is 1. The lowest BCUT2D eigenvalue weighted by molar-refractivity contribution is -0.363. The van der Waals surface area contributed by atoms with E-state index in [0.717, 1.165) is 0 Å². The molecule has 27 heavy (non-hydrogen) atoms. The van der Waals surface area contributed by atoms with Gasteiger partial charge in [0, 0.05) is 0 Å². The summed E-state index contributed by atoms with van der Waals surface area (Å²) in [6, 6.07) is 0. The fraction of sp³-hybridized carbons (Fsp3) is 0.727. The van der Waals surface area contributed by atoms with Crippen LogP contribution in [0, 0.1) is 0 Å². The molecule has 0 heterocycles. The van der Waals surface area contributed by atoms with Gasteiger partial charge in [0.15, 0.2) is 0 Å². The molecule has 0 atom stereocenters. The second-order valence-corrected chi connectivity index (χ2v) is 4.95. The van der Waals surface area contributed by atoms with Gasteiger partial charge >= 0.3 is 36.0 Å². The molecule has 0 unspecified atom stereocenters. The Labute approximate surface area is 140 Å². The number of alkyl halides is 14. The smallest absolute Gasteiger partial charge is 0.327 e. The van der Waals surface area contributed by atoms with Gasteiger partial charge < -0.3 is 4.90 Å². The molecular weight excluding hydrogens is 428 g/mol. The minimum Gasteiger partial charge on any atom is -0.327 e. The second-order valence-electron chi connectivity index (χ2n) is 4.95. The van der Waals surface area contributed by atoms with E-state index in [9.17, 15) is 66.3 Å². The van der Waals surface area contributed by atoms with Gasteiger partial charge in [-0.05, 0) is 6.08 Å². The zero-order valence-corrected chi connectivity index (χ0v) is 12.3. The lowest BCUT2D eigenvalue weighted by Gasteiger charge is -2.36. The minimum atomic E-state index is -6.96. The first-order valence-electron chi connectivity index (χ1n) is 6.11. The summed E-state index contributed by atoms with van der Waals surface area (Å²) in [6.45, 7) is -4.05. The van der Waals surface area contributed by atoms with Crippen molar-refractivity contribution in [2.24, 2.45) is 0 Å². The third-order valence-electron chi connectivity index (χ3n) is 2.90. The Morgan fingerprint density at radius 2 is 0.926 bits per heavy atom. The summed E-state index contributed by atoms with van der Waals surface area (Å²) in [7, 11) is 0. The monoisotopic (exact) mass is 435 g/mol. The van der Waals surface area contributed by atoms with Crippen LogP contribution in [0.25, 0.3) is 0 Å². The number of hydrogen-bond donors (Lipinski definition) is 0. The minimum absolute atomic E-state index is 0.246. The van der Waals surface area contributed by atoms with Gasteiger partial charge in [0.2, 0.25) is 5.91 Å². The molecule has 0 aromatic heterocycles. The van der Waals surface area contributed by atoms with E-state index in [1.807, 2.05) is 0 Å². The Hall–Kier alpha value is -1.77. The van der Waals surface area contributed by atoms with Crippen molar-refractivity contribution in [1.82, 2.24) is 4.90 Å². The first-order chi connectivity index (χ1) is 11.5. The van der Waals surface area contributed by atoms with Crippen molar-refractivity contribution in [2.75, 3.05) is 13.1 Å². The van der Waals surface area contributed by atoms with Crippen molar-refractivity contribution in [2.45, 2.75) is 36.0 Å². The molecule has 0 N–H and O–H groups in total. The highest BCUT2D eigenvalue weighted by molar-refractivity contribution is 5.87. The van der Waals surface area contributed by atoms with Crippen LogP contribution < -0.4 is 0 Å². The van der Waals surface area contributed by atoms with E-state index in [2.05, 4.69) is 6.58 Å². The normalized spacial score (nSPS) is 14.9. The van der Waals surface area contributed by atoms with Gasteiger partial charge in [-0.3, -0.25) is 4.79 Å². The molecule has 2 nitrogen and oxygen atoms in total. The molecule has 0 fully saturated rings. The summed E-state index contributed by atoms with van der Waals surface area (Å²) in [5.74, 6) is -28.9. The zero-order chi connectivity index (χ0) is 22.3. The lowest BCUT2D eigenvalue weighted by Crippen LogP contribution is -2.61. The molecule has 1 amide bonds. The van der Waals surface area contributed by atoms with E-state index in [1.54, 1.807) is 0 Å². The summed E-state index contributed by atoms with van der Waals surface area (Å²) in [5.41, 5.74) is 0. The number of nitrogens with zero attached hydrogens (tertiary/aromatic N) is 1. The molecule has 0 saturated heterocycles. The maximum Gasteiger partial charge on any atom is 0.459 e. The highest BCUT2D eigenvalue weighted by Gasteiger charge is 2.75. The topological polar surface area (TPSA) is 20.3 Å². The number of halogens is 14. The number of carbonyl (C=O) groups is 1. The van der Waals surface area contributed by atoms with Gasteiger partial charge in [-0.1, -0.05) is 6.58 Å². The molecule has 0 rings (SSSR count). The number of rotatable bonds is 7. The molecule has 0 aliphatic rings. The predicted octanol–water partition coefficient (Wildman–Crippen LogP) is 4.67. The predicted molar refractivity (Wildman–Crippen MR) is 58.7 cm³/mol. The summed E-state index contributed by atoms with van der Waals surface area (Å²) in [4.78, 5) is 9.69. The van der Waals surface area contributed by atoms with Crippen molar-refractivity contribution < 1.29 is 66.3 Å². The standard InChI is InChI=1S/C11H7F14NO/c1-2-5(27)26(3-6(12,13)8(16,17)10(20,21)22)4-7(14,15)9(18,19)11(23,24)25/h2H,1,3-4H2. The van der Waals surface area contributed by atoms with E-state index in [-0.39, 0.29) is 6.08 Å². The van der Waals surface area contributed by atoms with Crippen LogP contribution in [-0.4, -0.2) is 59.9 Å². The van der Waals surface area contributed by atoms with Gasteiger partial charge in [0.25, 0.3) is 0 Å². The van der Waals surface area contributed by atoms with E-state index >= 15 is 0 Å². The zero-order valence-electron chi connectivity index (χ0n) is 12.3. The van der Waals surface area contributed by atoms with E-state index < -0.39 is 59.9 Å². The molecule has 0 bridgehead atoms. The highest BCUT2D eigenvalue weighted by Crippen LogP contribution is 2.49. The van der Waals surface area contributed by atoms with Gasteiger partial charge in [0.05, 0.1) is 13.1 Å². The van der Waals surface area contributed by atoms with Crippen LogP contribution in [0.15, 0.2) is 12.7 Å². The quantitative estimate of drug-likeness (QED) is 0.421. The highest BCUT2D eigenvalue weighted by atomic mass is 19.4. The Balaban J connectivity index is 5.94. The van der Waals surface area contributed by atoms with Crippen LogP contribution in [0.5, 0.6) is 0 Å². The lowest BCUT2D eigenvalue weighted by atomic mass is 10.1. The Kier molecular flexibility index (Phi) is 6.54. The summed E-state index contributed by atoms with van der Waals surface area (Å²) < 4.78 is 176. The van der Waals surface area contributed by atoms with E-state index in [4.69, 9.17) is 0 Å². The van der Waals surface area contributed by atoms with Gasteiger partial charge in [0.1, 0.15) is 0 Å². The first-order valence-corrected chi connectivity index (χ1v) is 6.11. The van der Waals surface area contributed by atoms with Crippen molar-refractivity contribution >= 4 is 5.91 Å². The van der Waals surface area contributed by atoms with Crippen molar-refractivity contribution in [3.63, 3.8) is 0 Å². The van der Waals surface area contributed by atoms with Gasteiger partial charge in [-0.25, -0.2) is 0 Å². The van der Waals surface area contributed by atoms with Crippen molar-refractivity contribution in [1.29, 1.82) is 0 Å². The molecule has 0 aliphatic carbocycles. The molecule has 0 saturated carbocycles. The average molecular weight is 435 g/mol. The third kappa shape index (κ3) is 4.75. The molecule has 0 radical (unpaired) electrons. The SMILES string of the molecule is C=CC(=O)N(CC(F)(F)C(F)(F)C(F)(F)F)CC(F)(F)C(F)(F)C(F)(F)F. The Morgan fingerprint density at radius 1 is 0.667 bits per heavy atom. The summed E-state index contributed by atoms with van der Waals surface area (Å²) in [5, 5.41) is 0. The fourth-order valence-electron chi connectivity index (χ4n) is 1.43. The maximum atomic E-state index is 13.2. The van der Waals surface area contributed by atoms with Crippen molar-refractivity contribution in [3.8, 4) is 0 Å². The molecule has 0 aromatic rings. The third-order valence-corrected chi connectivity index (χ3v) is 2.90. The summed E-state index contributed by atoms with van der Waals surface area (Å²) >= 11 is 0. The Bertz CT molecular complexity index is 520. The van der Waals surface area contributed by atoms with Crippen LogP contribution in [0.2, 0.25) is 0 Å². The van der Waals surface area contributed by atoms with Gasteiger partial charge in [-0.2, -0.15) is 61.5 Å². The number of carbonyl (C=O) groups excluding carboxylic acids is 1. The fourth-order valence-corrected chi connectivity index (χ4v) is 1.43. The van der Waals surface area contributed by atoms with E-state index in [1.165, 1.54) is 0 Å². The van der Waals surface area contributed by atoms with Crippen LogP contribution in [0.4, 0.5) is 61.5 Å². The molecule has 0 aliphatic heterocycles. The number of hydrogen-bond acceptors (Lipinski definition) is 1. The maximum absolute atomic E-state index is 13.2. The molecule has 0 spiro atoms. The molecule has 0 aromatic carbocycles. The molecular formula is C11H7F14NO. The van der Waals surface area contributed by atoms with Gasteiger partial charge in [-0.15, -0.1) is 0 Å². The second kappa shape index (κ2) is 7.00. The van der Waals surface area contributed by atoms with E-state index in [0.29, 0.717) is 0 Å². The average Bonchev–Trinajstić information content (AvgIpc) is 2.42. The van der Waals surface area contributed by atoms with Crippen LogP contribution in [0.1, 0.15) is 0 Å². The van der Waals surface area contributed by atoms with Crippen molar-refractivity contribution in [3.05, 3.63) is 12.7 Å².